The molecule has 8 atom stereocenters. The van der Waals surface area contributed by atoms with Gasteiger partial charge in [0.25, 0.3) is 13.0 Å². The molecule has 0 spiro atoms. The van der Waals surface area contributed by atoms with Crippen LogP contribution in [0.25, 0.3) is 0 Å². The summed E-state index contributed by atoms with van der Waals surface area (Å²) in [5, 5.41) is 0. The summed E-state index contributed by atoms with van der Waals surface area (Å²) in [5.74, 6) is 3.54. The van der Waals surface area contributed by atoms with E-state index in [0.717, 1.165) is 12.8 Å². The molecule has 0 amide bonds. The first-order chi connectivity index (χ1) is 13.7. The summed E-state index contributed by atoms with van der Waals surface area (Å²) < 4.78 is 29.6. The molecule has 0 aromatic rings. The Morgan fingerprint density at radius 2 is 1.00 bits per heavy atom. The summed E-state index contributed by atoms with van der Waals surface area (Å²) in [6, 6.07) is 0. The van der Waals surface area contributed by atoms with E-state index in [4.69, 9.17) is 23.7 Å². The van der Waals surface area contributed by atoms with Crippen molar-refractivity contribution in [3.8, 4) is 0 Å². The predicted molar refractivity (Wildman–Crippen MR) is 115 cm³/mol. The Bertz CT molecular complexity index is 415. The maximum atomic E-state index is 6.30. The second-order valence-corrected chi connectivity index (χ2v) is 10.2. The first-order valence-electron chi connectivity index (χ1n) is 11.8. The summed E-state index contributed by atoms with van der Waals surface area (Å²) in [6.07, 6.45) is 7.28. The highest BCUT2D eigenvalue weighted by atomic mass is 16.9. The van der Waals surface area contributed by atoms with Gasteiger partial charge in [0.1, 0.15) is 0 Å². The number of methoxy groups -OCH3 is 2. The van der Waals surface area contributed by atoms with E-state index in [2.05, 4.69) is 41.5 Å². The van der Waals surface area contributed by atoms with Gasteiger partial charge >= 0.3 is 0 Å². The van der Waals surface area contributed by atoms with Crippen LogP contribution in [0.2, 0.25) is 0 Å². The summed E-state index contributed by atoms with van der Waals surface area (Å²) in [5.41, 5.74) is 0. The quantitative estimate of drug-likeness (QED) is 0.422. The zero-order valence-corrected chi connectivity index (χ0v) is 20.1. The fourth-order valence-electron chi connectivity index (χ4n) is 5.20. The van der Waals surface area contributed by atoms with Gasteiger partial charge in [-0.2, -0.15) is 0 Å². The van der Waals surface area contributed by atoms with Crippen molar-refractivity contribution in [1.82, 2.24) is 0 Å². The Labute approximate surface area is 179 Å². The SMILES string of the molecule is COC(OC(OC)OC1CC(C)CCC1C(C)C)OC1CC(C)CCC1C(C)C. The molecule has 0 heterocycles. The average Bonchev–Trinajstić information content (AvgIpc) is 2.66. The standard InChI is InChI=1S/C24H46O5/c1-15(2)19-11-9-17(5)13-21(19)27-23(25-7)29-24(26-8)28-22-14-18(6)10-12-20(22)16(3)4/h15-24H,9-14H2,1-8H3. The Hall–Kier alpha value is -0.200. The molecule has 2 rings (SSSR count). The van der Waals surface area contributed by atoms with Crippen molar-refractivity contribution in [1.29, 1.82) is 0 Å². The highest BCUT2D eigenvalue weighted by molar-refractivity contribution is 4.82. The normalized spacial score (nSPS) is 35.8. The molecule has 2 aliphatic carbocycles. The summed E-state index contributed by atoms with van der Waals surface area (Å²) in [7, 11) is 3.24. The molecule has 0 aromatic carbocycles. The average molecular weight is 415 g/mol. The first kappa shape index (κ1) is 25.1. The van der Waals surface area contributed by atoms with Crippen molar-refractivity contribution in [2.45, 2.75) is 105 Å². The van der Waals surface area contributed by atoms with Crippen LogP contribution in [-0.4, -0.2) is 39.4 Å². The third-order valence-electron chi connectivity index (χ3n) is 7.10. The lowest BCUT2D eigenvalue weighted by atomic mass is 9.75. The van der Waals surface area contributed by atoms with E-state index in [1.165, 1.54) is 25.7 Å². The lowest BCUT2D eigenvalue weighted by Crippen LogP contribution is -2.42. The van der Waals surface area contributed by atoms with Gasteiger partial charge in [-0.05, 0) is 61.2 Å². The fraction of sp³-hybridized carbons (Fsp3) is 1.00. The van der Waals surface area contributed by atoms with Crippen LogP contribution in [0.15, 0.2) is 0 Å². The molecule has 8 unspecified atom stereocenters. The largest absolute Gasteiger partial charge is 0.333 e. The minimum atomic E-state index is -0.782. The first-order valence-corrected chi connectivity index (χ1v) is 11.8. The van der Waals surface area contributed by atoms with Crippen molar-refractivity contribution in [3.63, 3.8) is 0 Å². The maximum absolute atomic E-state index is 6.30. The second-order valence-electron chi connectivity index (χ2n) is 10.2. The van der Waals surface area contributed by atoms with Crippen molar-refractivity contribution < 1.29 is 23.7 Å². The van der Waals surface area contributed by atoms with Gasteiger partial charge in [-0.25, -0.2) is 0 Å². The lowest BCUT2D eigenvalue weighted by Gasteiger charge is -2.40. The number of hydrogen-bond donors (Lipinski definition) is 0. The Balaban J connectivity index is 1.97. The van der Waals surface area contributed by atoms with Gasteiger partial charge in [-0.15, -0.1) is 0 Å². The highest BCUT2D eigenvalue weighted by Gasteiger charge is 2.36. The molecule has 2 fully saturated rings. The van der Waals surface area contributed by atoms with E-state index in [0.29, 0.717) is 35.5 Å². The van der Waals surface area contributed by atoms with E-state index in [1.807, 2.05) is 0 Å². The molecule has 172 valence electrons. The van der Waals surface area contributed by atoms with Gasteiger partial charge < -0.3 is 18.9 Å². The minimum Gasteiger partial charge on any atom is -0.333 e. The van der Waals surface area contributed by atoms with Crippen LogP contribution >= 0.6 is 0 Å². The van der Waals surface area contributed by atoms with Crippen molar-refractivity contribution in [2.75, 3.05) is 14.2 Å². The minimum absolute atomic E-state index is 0.138. The van der Waals surface area contributed by atoms with Gasteiger partial charge in [0.15, 0.2) is 0 Å². The van der Waals surface area contributed by atoms with Crippen molar-refractivity contribution in [3.05, 3.63) is 0 Å². The highest BCUT2D eigenvalue weighted by Crippen LogP contribution is 2.37. The van der Waals surface area contributed by atoms with Crippen LogP contribution in [0.1, 0.15) is 80.1 Å². The Kier molecular flexibility index (Phi) is 10.4. The summed E-state index contributed by atoms with van der Waals surface area (Å²) in [6.45, 7) is 12.1. The van der Waals surface area contributed by atoms with E-state index in [-0.39, 0.29) is 12.2 Å². The van der Waals surface area contributed by atoms with Crippen molar-refractivity contribution in [2.24, 2.45) is 35.5 Å². The Morgan fingerprint density at radius 1 is 0.621 bits per heavy atom. The number of ether oxygens (including phenoxy) is 5. The zero-order valence-electron chi connectivity index (χ0n) is 20.1. The smallest absolute Gasteiger partial charge is 0.275 e. The van der Waals surface area contributed by atoms with E-state index >= 15 is 0 Å². The molecule has 2 saturated carbocycles. The molecule has 0 aromatic heterocycles. The molecule has 0 bridgehead atoms. The zero-order chi connectivity index (χ0) is 21.6. The molecule has 0 saturated heterocycles. The maximum Gasteiger partial charge on any atom is 0.275 e. The molecular formula is C24H46O5. The third kappa shape index (κ3) is 7.46. The predicted octanol–water partition coefficient (Wildman–Crippen LogP) is 5.82. The fourth-order valence-corrected chi connectivity index (χ4v) is 5.20. The third-order valence-corrected chi connectivity index (χ3v) is 7.10. The summed E-state index contributed by atoms with van der Waals surface area (Å²) in [4.78, 5) is 0. The van der Waals surface area contributed by atoms with Gasteiger partial charge in [0, 0.05) is 14.2 Å². The van der Waals surface area contributed by atoms with Gasteiger partial charge in [-0.1, -0.05) is 54.4 Å². The molecule has 29 heavy (non-hydrogen) atoms. The molecule has 5 heteroatoms. The topological polar surface area (TPSA) is 46.2 Å². The van der Waals surface area contributed by atoms with Gasteiger partial charge in [-0.3, -0.25) is 4.74 Å². The Morgan fingerprint density at radius 3 is 1.31 bits per heavy atom. The molecule has 0 aliphatic heterocycles. The van der Waals surface area contributed by atoms with Crippen LogP contribution in [0.3, 0.4) is 0 Å². The molecule has 2 aliphatic rings. The number of hydrogen-bond acceptors (Lipinski definition) is 5. The van der Waals surface area contributed by atoms with E-state index < -0.39 is 13.0 Å². The second kappa shape index (κ2) is 12.0. The lowest BCUT2D eigenvalue weighted by molar-refractivity contribution is -0.410. The van der Waals surface area contributed by atoms with E-state index in [9.17, 15) is 0 Å². The van der Waals surface area contributed by atoms with Crippen LogP contribution in [-0.2, 0) is 23.7 Å². The molecule has 0 N–H and O–H groups in total. The van der Waals surface area contributed by atoms with Gasteiger partial charge in [0.05, 0.1) is 12.2 Å². The van der Waals surface area contributed by atoms with Crippen LogP contribution in [0, 0.1) is 35.5 Å². The van der Waals surface area contributed by atoms with Crippen LogP contribution < -0.4 is 0 Å². The number of rotatable bonds is 10. The van der Waals surface area contributed by atoms with Gasteiger partial charge in [0.2, 0.25) is 0 Å². The van der Waals surface area contributed by atoms with E-state index in [1.54, 1.807) is 14.2 Å². The molecule has 5 nitrogen and oxygen atoms in total. The van der Waals surface area contributed by atoms with Crippen LogP contribution in [0.4, 0.5) is 0 Å². The molecular weight excluding hydrogens is 368 g/mol. The monoisotopic (exact) mass is 414 g/mol. The van der Waals surface area contributed by atoms with Crippen molar-refractivity contribution >= 4 is 0 Å². The molecule has 0 radical (unpaired) electrons. The summed E-state index contributed by atoms with van der Waals surface area (Å²) >= 11 is 0. The van der Waals surface area contributed by atoms with Crippen LogP contribution in [0.5, 0.6) is 0 Å².